The first-order chi connectivity index (χ1) is 10.1. The Kier molecular flexibility index (Phi) is 6.03. The van der Waals surface area contributed by atoms with Gasteiger partial charge in [0, 0.05) is 32.1 Å². The molecule has 0 spiro atoms. The SMILES string of the molecule is CC(NC(=O)CC1CCCCC1)C(=O)N1CCNC[C@@H]1C. The summed E-state index contributed by atoms with van der Waals surface area (Å²) in [6.45, 7) is 6.23. The van der Waals surface area contributed by atoms with E-state index in [0.29, 0.717) is 12.3 Å². The maximum absolute atomic E-state index is 12.4. The number of nitrogens with one attached hydrogen (secondary N) is 2. The molecule has 5 heteroatoms. The molecule has 5 nitrogen and oxygen atoms in total. The number of nitrogens with zero attached hydrogens (tertiary/aromatic N) is 1. The molecule has 1 saturated carbocycles. The Balaban J connectivity index is 1.77. The summed E-state index contributed by atoms with van der Waals surface area (Å²) in [7, 11) is 0. The standard InChI is InChI=1S/C16H29N3O2/c1-12-11-17-8-9-19(12)16(21)13(2)18-15(20)10-14-6-4-3-5-7-14/h12-14,17H,3-11H2,1-2H3,(H,18,20)/t12-,13?/m0/s1. The molecule has 1 aliphatic carbocycles. The highest BCUT2D eigenvalue weighted by molar-refractivity contribution is 5.87. The van der Waals surface area contributed by atoms with Gasteiger partial charge in [0.2, 0.25) is 11.8 Å². The van der Waals surface area contributed by atoms with Gasteiger partial charge in [-0.25, -0.2) is 0 Å². The highest BCUT2D eigenvalue weighted by Crippen LogP contribution is 2.26. The molecule has 2 amide bonds. The normalized spacial score (nSPS) is 25.4. The maximum atomic E-state index is 12.4. The number of carbonyl (C=O) groups is 2. The Bertz CT molecular complexity index is 367. The molecule has 0 aromatic heterocycles. The third kappa shape index (κ3) is 4.70. The summed E-state index contributed by atoms with van der Waals surface area (Å²) < 4.78 is 0. The lowest BCUT2D eigenvalue weighted by molar-refractivity contribution is -0.138. The molecule has 2 aliphatic rings. The van der Waals surface area contributed by atoms with Gasteiger partial charge in [0.15, 0.2) is 0 Å². The number of hydrogen-bond acceptors (Lipinski definition) is 3. The van der Waals surface area contributed by atoms with Crippen molar-refractivity contribution in [1.29, 1.82) is 0 Å². The van der Waals surface area contributed by atoms with E-state index in [1.165, 1.54) is 19.3 Å². The fourth-order valence-electron chi connectivity index (χ4n) is 3.43. The van der Waals surface area contributed by atoms with E-state index in [-0.39, 0.29) is 17.9 Å². The van der Waals surface area contributed by atoms with Gasteiger partial charge in [0.25, 0.3) is 0 Å². The molecule has 1 aliphatic heterocycles. The zero-order valence-corrected chi connectivity index (χ0v) is 13.4. The van der Waals surface area contributed by atoms with E-state index < -0.39 is 6.04 Å². The number of carbonyl (C=O) groups excluding carboxylic acids is 2. The van der Waals surface area contributed by atoms with Crippen molar-refractivity contribution in [3.8, 4) is 0 Å². The Labute approximate surface area is 127 Å². The largest absolute Gasteiger partial charge is 0.345 e. The van der Waals surface area contributed by atoms with Crippen LogP contribution in [0.5, 0.6) is 0 Å². The van der Waals surface area contributed by atoms with E-state index in [1.807, 2.05) is 11.8 Å². The molecular formula is C16H29N3O2. The lowest BCUT2D eigenvalue weighted by atomic mass is 9.87. The smallest absolute Gasteiger partial charge is 0.245 e. The quantitative estimate of drug-likeness (QED) is 0.821. The fraction of sp³-hybridized carbons (Fsp3) is 0.875. The lowest BCUT2D eigenvalue weighted by Crippen LogP contribution is -2.57. The molecule has 1 saturated heterocycles. The second-order valence-corrected chi connectivity index (χ2v) is 6.58. The molecule has 1 unspecified atom stereocenters. The Morgan fingerprint density at radius 2 is 2.00 bits per heavy atom. The maximum Gasteiger partial charge on any atom is 0.245 e. The highest BCUT2D eigenvalue weighted by Gasteiger charge is 2.28. The van der Waals surface area contributed by atoms with Crippen molar-refractivity contribution in [1.82, 2.24) is 15.5 Å². The molecule has 0 aromatic rings. The van der Waals surface area contributed by atoms with Gasteiger partial charge in [-0.2, -0.15) is 0 Å². The molecular weight excluding hydrogens is 266 g/mol. The summed E-state index contributed by atoms with van der Waals surface area (Å²) in [5.41, 5.74) is 0. The molecule has 120 valence electrons. The van der Waals surface area contributed by atoms with Gasteiger partial charge in [-0.05, 0) is 32.6 Å². The minimum atomic E-state index is -0.415. The molecule has 2 rings (SSSR count). The first kappa shape index (κ1) is 16.3. The van der Waals surface area contributed by atoms with Crippen molar-refractivity contribution in [3.63, 3.8) is 0 Å². The van der Waals surface area contributed by atoms with Gasteiger partial charge in [-0.3, -0.25) is 9.59 Å². The molecule has 2 fully saturated rings. The van der Waals surface area contributed by atoms with Gasteiger partial charge >= 0.3 is 0 Å². The van der Waals surface area contributed by atoms with Crippen LogP contribution >= 0.6 is 0 Å². The minimum Gasteiger partial charge on any atom is -0.345 e. The monoisotopic (exact) mass is 295 g/mol. The van der Waals surface area contributed by atoms with Gasteiger partial charge < -0.3 is 15.5 Å². The summed E-state index contributed by atoms with van der Waals surface area (Å²) in [5, 5.41) is 6.17. The Hall–Kier alpha value is -1.10. The molecule has 2 atom stereocenters. The third-order valence-corrected chi connectivity index (χ3v) is 4.73. The summed E-state index contributed by atoms with van der Waals surface area (Å²) in [5.74, 6) is 0.589. The topological polar surface area (TPSA) is 61.4 Å². The van der Waals surface area contributed by atoms with E-state index in [9.17, 15) is 9.59 Å². The van der Waals surface area contributed by atoms with Crippen LogP contribution < -0.4 is 10.6 Å². The summed E-state index contributed by atoms with van der Waals surface area (Å²) in [6, 6.07) is -0.217. The molecule has 0 aromatic carbocycles. The van der Waals surface area contributed by atoms with Crippen LogP contribution in [0.15, 0.2) is 0 Å². The molecule has 0 radical (unpaired) electrons. The molecule has 2 N–H and O–H groups in total. The second-order valence-electron chi connectivity index (χ2n) is 6.58. The van der Waals surface area contributed by atoms with Crippen molar-refractivity contribution < 1.29 is 9.59 Å². The average Bonchev–Trinajstić information content (AvgIpc) is 2.48. The third-order valence-electron chi connectivity index (χ3n) is 4.73. The average molecular weight is 295 g/mol. The minimum absolute atomic E-state index is 0.0329. The zero-order valence-electron chi connectivity index (χ0n) is 13.4. The highest BCUT2D eigenvalue weighted by atomic mass is 16.2. The molecule has 1 heterocycles. The van der Waals surface area contributed by atoms with Crippen LogP contribution in [0, 0.1) is 5.92 Å². The van der Waals surface area contributed by atoms with E-state index >= 15 is 0 Å². The van der Waals surface area contributed by atoms with Crippen molar-refractivity contribution in [3.05, 3.63) is 0 Å². The van der Waals surface area contributed by atoms with Crippen LogP contribution in [-0.4, -0.2) is 48.4 Å². The van der Waals surface area contributed by atoms with E-state index in [4.69, 9.17) is 0 Å². The summed E-state index contributed by atoms with van der Waals surface area (Å²) >= 11 is 0. The summed E-state index contributed by atoms with van der Waals surface area (Å²) in [6.07, 6.45) is 6.67. The number of piperazine rings is 1. The molecule has 0 bridgehead atoms. The number of rotatable bonds is 4. The molecule has 21 heavy (non-hydrogen) atoms. The van der Waals surface area contributed by atoms with Crippen LogP contribution in [0.4, 0.5) is 0 Å². The van der Waals surface area contributed by atoms with Crippen LogP contribution in [0.1, 0.15) is 52.4 Å². The first-order valence-electron chi connectivity index (χ1n) is 8.38. The van der Waals surface area contributed by atoms with Crippen molar-refractivity contribution in [2.75, 3.05) is 19.6 Å². The predicted octanol–water partition coefficient (Wildman–Crippen LogP) is 1.28. The predicted molar refractivity (Wildman–Crippen MR) is 82.8 cm³/mol. The number of amides is 2. The Morgan fingerprint density at radius 1 is 1.29 bits per heavy atom. The number of hydrogen-bond donors (Lipinski definition) is 2. The van der Waals surface area contributed by atoms with Gasteiger partial charge in [0.1, 0.15) is 6.04 Å². The summed E-state index contributed by atoms with van der Waals surface area (Å²) in [4.78, 5) is 26.4. The zero-order chi connectivity index (χ0) is 15.2. The van der Waals surface area contributed by atoms with Crippen molar-refractivity contribution in [2.24, 2.45) is 5.92 Å². The van der Waals surface area contributed by atoms with Crippen LogP contribution in [0.25, 0.3) is 0 Å². The van der Waals surface area contributed by atoms with Crippen LogP contribution in [0.2, 0.25) is 0 Å². The van der Waals surface area contributed by atoms with Gasteiger partial charge in [0.05, 0.1) is 0 Å². The van der Waals surface area contributed by atoms with E-state index in [0.717, 1.165) is 32.5 Å². The van der Waals surface area contributed by atoms with Crippen LogP contribution in [0.3, 0.4) is 0 Å². The van der Waals surface area contributed by atoms with E-state index in [1.54, 1.807) is 6.92 Å². The second kappa shape index (κ2) is 7.78. The lowest BCUT2D eigenvalue weighted by Gasteiger charge is -2.35. The first-order valence-corrected chi connectivity index (χ1v) is 8.38. The van der Waals surface area contributed by atoms with Crippen molar-refractivity contribution >= 4 is 11.8 Å². The van der Waals surface area contributed by atoms with E-state index in [2.05, 4.69) is 10.6 Å². The Morgan fingerprint density at radius 3 is 2.67 bits per heavy atom. The van der Waals surface area contributed by atoms with Crippen LogP contribution in [-0.2, 0) is 9.59 Å². The fourth-order valence-corrected chi connectivity index (χ4v) is 3.43. The van der Waals surface area contributed by atoms with Crippen molar-refractivity contribution in [2.45, 2.75) is 64.5 Å². The van der Waals surface area contributed by atoms with Gasteiger partial charge in [-0.1, -0.05) is 19.3 Å². The van der Waals surface area contributed by atoms with Gasteiger partial charge in [-0.15, -0.1) is 0 Å².